The van der Waals surface area contributed by atoms with Crippen molar-refractivity contribution in [2.24, 2.45) is 0 Å². The fourth-order valence-corrected chi connectivity index (χ4v) is 0.438. The summed E-state index contributed by atoms with van der Waals surface area (Å²) in [5, 5.41) is 0. The van der Waals surface area contributed by atoms with Gasteiger partial charge in [0.25, 0.3) is 0 Å². The molecule has 0 aliphatic carbocycles. The Morgan fingerprint density at radius 3 is 2.86 bits per heavy atom. The van der Waals surface area contributed by atoms with Crippen LogP contribution in [-0.4, -0.2) is 0 Å². The van der Waals surface area contributed by atoms with Gasteiger partial charge in [-0.3, -0.25) is 0 Å². The van der Waals surface area contributed by atoms with Gasteiger partial charge in [-0.1, -0.05) is 0 Å². The van der Waals surface area contributed by atoms with Crippen LogP contribution in [0.25, 0.3) is 0 Å². The SMILES string of the molecule is Cc1ccc[c-][nH+]1. The van der Waals surface area contributed by atoms with Gasteiger partial charge < -0.3 is 4.98 Å². The lowest BCUT2D eigenvalue weighted by molar-refractivity contribution is -0.392. The van der Waals surface area contributed by atoms with Gasteiger partial charge >= 0.3 is 0 Å². The molecule has 0 spiro atoms. The van der Waals surface area contributed by atoms with Crippen LogP contribution in [0.3, 0.4) is 0 Å². The lowest BCUT2D eigenvalue weighted by Gasteiger charge is -1.84. The van der Waals surface area contributed by atoms with Gasteiger partial charge in [-0.15, -0.1) is 12.1 Å². The Labute approximate surface area is 43.0 Å². The van der Waals surface area contributed by atoms with Gasteiger partial charge in [-0.25, -0.2) is 0 Å². The van der Waals surface area contributed by atoms with Crippen molar-refractivity contribution in [2.75, 3.05) is 0 Å². The third-order valence-corrected chi connectivity index (χ3v) is 0.795. The van der Waals surface area contributed by atoms with Gasteiger partial charge in [-0.2, -0.15) is 6.07 Å². The molecule has 1 rings (SSSR count). The first-order valence-electron chi connectivity index (χ1n) is 2.24. The van der Waals surface area contributed by atoms with Crippen LogP contribution in [0.5, 0.6) is 0 Å². The van der Waals surface area contributed by atoms with Crippen molar-refractivity contribution in [3.8, 4) is 0 Å². The van der Waals surface area contributed by atoms with Crippen LogP contribution in [0, 0.1) is 13.1 Å². The van der Waals surface area contributed by atoms with Crippen molar-refractivity contribution in [1.82, 2.24) is 0 Å². The van der Waals surface area contributed by atoms with Crippen molar-refractivity contribution < 1.29 is 4.98 Å². The van der Waals surface area contributed by atoms with Crippen LogP contribution in [0.4, 0.5) is 0 Å². The molecular weight excluding hydrogens is 86.1 g/mol. The molecule has 1 heterocycles. The third-order valence-electron chi connectivity index (χ3n) is 0.795. The van der Waals surface area contributed by atoms with Gasteiger partial charge in [0.05, 0.1) is 5.69 Å². The third kappa shape index (κ3) is 1.000. The Bertz CT molecular complexity index is 134. The molecule has 0 fully saturated rings. The highest BCUT2D eigenvalue weighted by Crippen LogP contribution is 1.79. The van der Waals surface area contributed by atoms with E-state index in [0.29, 0.717) is 0 Å². The van der Waals surface area contributed by atoms with E-state index in [-0.39, 0.29) is 0 Å². The van der Waals surface area contributed by atoms with E-state index in [1.807, 2.05) is 25.1 Å². The quantitative estimate of drug-likeness (QED) is 0.417. The summed E-state index contributed by atoms with van der Waals surface area (Å²) in [5.74, 6) is 0. The number of aromatic amines is 1. The molecule has 7 heavy (non-hydrogen) atoms. The Morgan fingerprint density at radius 2 is 2.57 bits per heavy atom. The molecule has 0 saturated heterocycles. The van der Waals surface area contributed by atoms with E-state index in [1.54, 1.807) is 0 Å². The monoisotopic (exact) mass is 93.1 g/mol. The van der Waals surface area contributed by atoms with E-state index in [0.717, 1.165) is 5.69 Å². The second kappa shape index (κ2) is 1.73. The summed E-state index contributed by atoms with van der Waals surface area (Å²) in [7, 11) is 0. The molecule has 0 aliphatic rings. The fourth-order valence-electron chi connectivity index (χ4n) is 0.438. The molecule has 1 N–H and O–H groups in total. The molecular formula is C6H7N. The molecule has 0 amide bonds. The largest absolute Gasteiger partial charge is 0.321 e. The number of rotatable bonds is 0. The molecule has 0 bridgehead atoms. The van der Waals surface area contributed by atoms with Gasteiger partial charge in [0.2, 0.25) is 0 Å². The Hall–Kier alpha value is -0.850. The van der Waals surface area contributed by atoms with Crippen LogP contribution in [0.15, 0.2) is 18.2 Å². The van der Waals surface area contributed by atoms with Crippen LogP contribution < -0.4 is 4.98 Å². The lowest BCUT2D eigenvalue weighted by atomic mass is 10.4. The smallest absolute Gasteiger partial charge is 0.111 e. The number of H-pyrrole nitrogens is 1. The van der Waals surface area contributed by atoms with Gasteiger partial charge in [0.1, 0.15) is 6.20 Å². The summed E-state index contributed by atoms with van der Waals surface area (Å²) in [6.45, 7) is 2.00. The molecule has 0 radical (unpaired) electrons. The number of aromatic nitrogens is 1. The molecule has 36 valence electrons. The zero-order valence-electron chi connectivity index (χ0n) is 4.23. The highest BCUT2D eigenvalue weighted by atomic mass is 14.6. The van der Waals surface area contributed by atoms with Crippen molar-refractivity contribution in [2.45, 2.75) is 6.92 Å². The molecule has 1 heteroatoms. The summed E-state index contributed by atoms with van der Waals surface area (Å²) >= 11 is 0. The number of pyridine rings is 1. The molecule has 0 aromatic carbocycles. The fraction of sp³-hybridized carbons (Fsp3) is 0.167. The van der Waals surface area contributed by atoms with Crippen LogP contribution >= 0.6 is 0 Å². The maximum Gasteiger partial charge on any atom is 0.111 e. The molecule has 0 aliphatic heterocycles. The minimum Gasteiger partial charge on any atom is -0.321 e. The minimum atomic E-state index is 1.14. The second-order valence-corrected chi connectivity index (χ2v) is 1.48. The zero-order chi connectivity index (χ0) is 5.11. The predicted octanol–water partition coefficient (Wildman–Crippen LogP) is 0.609. The Morgan fingerprint density at radius 1 is 1.71 bits per heavy atom. The summed E-state index contributed by atoms with van der Waals surface area (Å²) < 4.78 is 0. The van der Waals surface area contributed by atoms with Crippen molar-refractivity contribution in [3.05, 3.63) is 30.1 Å². The number of nitrogens with one attached hydrogen (secondary N) is 1. The first-order valence-corrected chi connectivity index (χ1v) is 2.24. The van der Waals surface area contributed by atoms with Crippen molar-refractivity contribution in [1.29, 1.82) is 0 Å². The first kappa shape index (κ1) is 4.31. The minimum absolute atomic E-state index is 1.14. The van der Waals surface area contributed by atoms with E-state index in [4.69, 9.17) is 0 Å². The highest BCUT2D eigenvalue weighted by Gasteiger charge is 1.72. The van der Waals surface area contributed by atoms with E-state index >= 15 is 0 Å². The molecule has 1 nitrogen and oxygen atoms in total. The number of aryl methyl sites for hydroxylation is 1. The molecule has 1 aromatic rings. The predicted molar refractivity (Wildman–Crippen MR) is 26.6 cm³/mol. The lowest BCUT2D eigenvalue weighted by Crippen LogP contribution is -2.03. The van der Waals surface area contributed by atoms with Crippen LogP contribution in [-0.2, 0) is 0 Å². The van der Waals surface area contributed by atoms with Gasteiger partial charge in [0, 0.05) is 0 Å². The zero-order valence-corrected chi connectivity index (χ0v) is 4.23. The van der Waals surface area contributed by atoms with Gasteiger partial charge in [-0.05, 0) is 6.92 Å². The Kier molecular flexibility index (Phi) is 1.07. The normalized spacial score (nSPS) is 8.71. The van der Waals surface area contributed by atoms with Crippen molar-refractivity contribution in [3.63, 3.8) is 0 Å². The van der Waals surface area contributed by atoms with E-state index in [2.05, 4.69) is 11.2 Å². The van der Waals surface area contributed by atoms with Crippen LogP contribution in [0.2, 0.25) is 0 Å². The molecule has 1 aromatic heterocycles. The summed E-state index contributed by atoms with van der Waals surface area (Å²) in [6.07, 6.45) is 2.84. The molecule has 0 saturated carbocycles. The van der Waals surface area contributed by atoms with Crippen LogP contribution in [0.1, 0.15) is 5.69 Å². The first-order chi connectivity index (χ1) is 3.39. The maximum absolute atomic E-state index is 2.91. The van der Waals surface area contributed by atoms with Gasteiger partial charge in [0.15, 0.2) is 0 Å². The average molecular weight is 93.1 g/mol. The summed E-state index contributed by atoms with van der Waals surface area (Å²) in [5.41, 5.74) is 1.14. The molecule has 0 atom stereocenters. The Balaban J connectivity index is 3.02. The van der Waals surface area contributed by atoms with E-state index < -0.39 is 0 Å². The van der Waals surface area contributed by atoms with E-state index in [9.17, 15) is 0 Å². The average Bonchev–Trinajstić information content (AvgIpc) is 1.69. The molecule has 0 unspecified atom stereocenters. The topological polar surface area (TPSA) is 14.1 Å². The highest BCUT2D eigenvalue weighted by molar-refractivity contribution is 4.92. The standard InChI is InChI=1S/C6H7N/c1-6-4-2-3-5-7-6/h2-4,7H,1H3. The summed E-state index contributed by atoms with van der Waals surface area (Å²) in [4.78, 5) is 2.91. The summed E-state index contributed by atoms with van der Waals surface area (Å²) in [6, 6.07) is 5.79. The van der Waals surface area contributed by atoms with E-state index in [1.165, 1.54) is 0 Å². The second-order valence-electron chi connectivity index (χ2n) is 1.48. The number of hydrogen-bond donors (Lipinski definition) is 0. The number of hydrogen-bond acceptors (Lipinski definition) is 0. The van der Waals surface area contributed by atoms with Crippen molar-refractivity contribution >= 4 is 0 Å². The maximum atomic E-state index is 2.91.